The van der Waals surface area contributed by atoms with Gasteiger partial charge in [-0.2, -0.15) is 0 Å². The summed E-state index contributed by atoms with van der Waals surface area (Å²) >= 11 is 1.40. The Morgan fingerprint density at radius 2 is 1.81 bits per heavy atom. The standard InChI is InChI=1S/C24H30N4O2S/c1-4-19-11-13-21(14-12-19)30-18(3)23-26-27-24(28(23)5-2)31-17-22(29)25-16-15-20-9-7-6-8-10-20/h6-14,18H,4-5,15-17H2,1-3H3,(H,25,29). The number of rotatable bonds is 11. The topological polar surface area (TPSA) is 69.0 Å². The second kappa shape index (κ2) is 11.6. The van der Waals surface area contributed by atoms with Crippen LogP contribution in [0, 0.1) is 0 Å². The van der Waals surface area contributed by atoms with Gasteiger partial charge in [0, 0.05) is 13.1 Å². The fraction of sp³-hybridized carbons (Fsp3) is 0.375. The van der Waals surface area contributed by atoms with E-state index in [1.807, 2.05) is 48.7 Å². The highest BCUT2D eigenvalue weighted by molar-refractivity contribution is 7.99. The number of nitrogens with one attached hydrogen (secondary N) is 1. The summed E-state index contributed by atoms with van der Waals surface area (Å²) in [6.07, 6.45) is 1.58. The molecule has 1 unspecified atom stereocenters. The summed E-state index contributed by atoms with van der Waals surface area (Å²) in [5, 5.41) is 12.3. The molecule has 164 valence electrons. The van der Waals surface area contributed by atoms with E-state index >= 15 is 0 Å². The number of amides is 1. The SMILES string of the molecule is CCc1ccc(OC(C)c2nnc(SCC(=O)NCCc3ccccc3)n2CC)cc1. The number of carbonyl (C=O) groups excluding carboxylic acids is 1. The first-order chi connectivity index (χ1) is 15.1. The van der Waals surface area contributed by atoms with E-state index in [1.165, 1.54) is 22.9 Å². The number of carbonyl (C=O) groups is 1. The number of thioether (sulfide) groups is 1. The van der Waals surface area contributed by atoms with Crippen molar-refractivity contribution in [3.05, 3.63) is 71.5 Å². The van der Waals surface area contributed by atoms with Gasteiger partial charge in [0.1, 0.15) is 5.75 Å². The second-order valence-corrected chi connectivity index (χ2v) is 8.16. The fourth-order valence-corrected chi connectivity index (χ4v) is 4.08. The van der Waals surface area contributed by atoms with Crippen LogP contribution >= 0.6 is 11.8 Å². The molecular weight excluding hydrogens is 408 g/mol. The highest BCUT2D eigenvalue weighted by Gasteiger charge is 2.19. The van der Waals surface area contributed by atoms with Gasteiger partial charge in [-0.15, -0.1) is 10.2 Å². The summed E-state index contributed by atoms with van der Waals surface area (Å²) < 4.78 is 8.07. The Bertz CT molecular complexity index is 957. The van der Waals surface area contributed by atoms with E-state index < -0.39 is 0 Å². The summed E-state index contributed by atoms with van der Waals surface area (Å²) in [7, 11) is 0. The smallest absolute Gasteiger partial charge is 0.230 e. The molecule has 1 heterocycles. The molecule has 0 radical (unpaired) electrons. The van der Waals surface area contributed by atoms with Crippen molar-refractivity contribution in [2.45, 2.75) is 51.4 Å². The van der Waals surface area contributed by atoms with Gasteiger partial charge < -0.3 is 14.6 Å². The van der Waals surface area contributed by atoms with Gasteiger partial charge in [0.2, 0.25) is 5.91 Å². The van der Waals surface area contributed by atoms with Crippen molar-refractivity contribution in [1.82, 2.24) is 20.1 Å². The lowest BCUT2D eigenvalue weighted by atomic mass is 10.1. The molecule has 0 aliphatic carbocycles. The summed E-state index contributed by atoms with van der Waals surface area (Å²) in [5.41, 5.74) is 2.49. The van der Waals surface area contributed by atoms with Crippen LogP contribution < -0.4 is 10.1 Å². The maximum Gasteiger partial charge on any atom is 0.230 e. The average molecular weight is 439 g/mol. The Balaban J connectivity index is 1.52. The zero-order valence-electron chi connectivity index (χ0n) is 18.4. The van der Waals surface area contributed by atoms with Crippen LogP contribution in [-0.2, 0) is 24.2 Å². The monoisotopic (exact) mass is 438 g/mol. The zero-order chi connectivity index (χ0) is 22.1. The predicted molar refractivity (Wildman–Crippen MR) is 124 cm³/mol. The van der Waals surface area contributed by atoms with Crippen molar-refractivity contribution in [2.24, 2.45) is 0 Å². The Kier molecular flexibility index (Phi) is 8.53. The molecule has 7 heteroatoms. The molecule has 0 saturated heterocycles. The van der Waals surface area contributed by atoms with Crippen molar-refractivity contribution in [1.29, 1.82) is 0 Å². The lowest BCUT2D eigenvalue weighted by molar-refractivity contribution is -0.118. The van der Waals surface area contributed by atoms with Crippen molar-refractivity contribution in [3.8, 4) is 5.75 Å². The molecule has 0 aliphatic rings. The fourth-order valence-electron chi connectivity index (χ4n) is 3.24. The van der Waals surface area contributed by atoms with Crippen molar-refractivity contribution in [2.75, 3.05) is 12.3 Å². The third-order valence-electron chi connectivity index (χ3n) is 4.98. The number of aromatic nitrogens is 3. The van der Waals surface area contributed by atoms with Crippen LogP contribution in [0.15, 0.2) is 59.8 Å². The molecule has 0 bridgehead atoms. The Morgan fingerprint density at radius 3 is 2.48 bits per heavy atom. The average Bonchev–Trinajstić information content (AvgIpc) is 3.22. The molecular formula is C24H30N4O2S. The molecule has 3 rings (SSSR count). The number of hydrogen-bond donors (Lipinski definition) is 1. The molecule has 1 N–H and O–H groups in total. The van der Waals surface area contributed by atoms with Crippen molar-refractivity contribution in [3.63, 3.8) is 0 Å². The molecule has 0 aliphatic heterocycles. The largest absolute Gasteiger partial charge is 0.483 e. The van der Waals surface area contributed by atoms with Gasteiger partial charge in [0.15, 0.2) is 17.1 Å². The van der Waals surface area contributed by atoms with E-state index in [0.29, 0.717) is 18.8 Å². The highest BCUT2D eigenvalue weighted by atomic mass is 32.2. The third kappa shape index (κ3) is 6.59. The molecule has 1 atom stereocenters. The minimum absolute atomic E-state index is 0.00607. The van der Waals surface area contributed by atoms with Crippen molar-refractivity contribution >= 4 is 17.7 Å². The molecule has 3 aromatic rings. The molecule has 0 saturated carbocycles. The van der Waals surface area contributed by atoms with Crippen LogP contribution in [0.4, 0.5) is 0 Å². The molecule has 31 heavy (non-hydrogen) atoms. The van der Waals surface area contributed by atoms with E-state index in [9.17, 15) is 4.79 Å². The first kappa shape index (κ1) is 22.9. The number of aryl methyl sites for hydroxylation is 1. The maximum atomic E-state index is 12.2. The first-order valence-electron chi connectivity index (χ1n) is 10.7. The molecule has 2 aromatic carbocycles. The van der Waals surface area contributed by atoms with Crippen LogP contribution in [0.5, 0.6) is 5.75 Å². The van der Waals surface area contributed by atoms with E-state index in [0.717, 1.165) is 29.6 Å². The summed E-state index contributed by atoms with van der Waals surface area (Å²) in [5.74, 6) is 1.87. The molecule has 0 fully saturated rings. The van der Waals surface area contributed by atoms with E-state index in [1.54, 1.807) is 0 Å². The van der Waals surface area contributed by atoms with Gasteiger partial charge in [-0.3, -0.25) is 4.79 Å². The van der Waals surface area contributed by atoms with Crippen LogP contribution in [0.1, 0.15) is 43.8 Å². The number of benzene rings is 2. The van der Waals surface area contributed by atoms with Gasteiger partial charge in [-0.05, 0) is 49.9 Å². The van der Waals surface area contributed by atoms with E-state index in [2.05, 4.69) is 46.7 Å². The normalized spacial score (nSPS) is 11.8. The number of nitrogens with zero attached hydrogens (tertiary/aromatic N) is 3. The quantitative estimate of drug-likeness (QED) is 0.448. The lowest BCUT2D eigenvalue weighted by Crippen LogP contribution is -2.27. The molecule has 1 amide bonds. The Hall–Kier alpha value is -2.80. The van der Waals surface area contributed by atoms with E-state index in [-0.39, 0.29) is 12.0 Å². The lowest BCUT2D eigenvalue weighted by Gasteiger charge is -2.16. The number of ether oxygens (including phenoxy) is 1. The van der Waals surface area contributed by atoms with Gasteiger partial charge in [-0.1, -0.05) is 61.2 Å². The minimum atomic E-state index is -0.242. The first-order valence-corrected chi connectivity index (χ1v) is 11.7. The summed E-state index contributed by atoms with van der Waals surface area (Å²) in [6, 6.07) is 18.2. The molecule has 1 aromatic heterocycles. The van der Waals surface area contributed by atoms with Gasteiger partial charge in [0.05, 0.1) is 5.75 Å². The van der Waals surface area contributed by atoms with Gasteiger partial charge in [0.25, 0.3) is 0 Å². The van der Waals surface area contributed by atoms with Crippen molar-refractivity contribution < 1.29 is 9.53 Å². The van der Waals surface area contributed by atoms with Crippen LogP contribution in [0.2, 0.25) is 0 Å². The molecule has 6 nitrogen and oxygen atoms in total. The van der Waals surface area contributed by atoms with Crippen LogP contribution in [0.25, 0.3) is 0 Å². The Labute approximate surface area is 188 Å². The van der Waals surface area contributed by atoms with Crippen LogP contribution in [0.3, 0.4) is 0 Å². The summed E-state index contributed by atoms with van der Waals surface area (Å²) in [4.78, 5) is 12.2. The molecule has 0 spiro atoms. The van der Waals surface area contributed by atoms with Gasteiger partial charge >= 0.3 is 0 Å². The summed E-state index contributed by atoms with van der Waals surface area (Å²) in [6.45, 7) is 7.47. The zero-order valence-corrected chi connectivity index (χ0v) is 19.2. The minimum Gasteiger partial charge on any atom is -0.483 e. The maximum absolute atomic E-state index is 12.2. The van der Waals surface area contributed by atoms with Crippen LogP contribution in [-0.4, -0.2) is 33.0 Å². The third-order valence-corrected chi connectivity index (χ3v) is 5.95. The van der Waals surface area contributed by atoms with Gasteiger partial charge in [-0.25, -0.2) is 0 Å². The number of hydrogen-bond acceptors (Lipinski definition) is 5. The van der Waals surface area contributed by atoms with E-state index in [4.69, 9.17) is 4.74 Å². The predicted octanol–water partition coefficient (Wildman–Crippen LogP) is 4.45. The highest BCUT2D eigenvalue weighted by Crippen LogP contribution is 2.25. The second-order valence-electron chi connectivity index (χ2n) is 7.22. The Morgan fingerprint density at radius 1 is 1.06 bits per heavy atom.